The minimum absolute atomic E-state index is 0.255. The summed E-state index contributed by atoms with van der Waals surface area (Å²) < 4.78 is 4.58. The predicted octanol–water partition coefficient (Wildman–Crippen LogP) is 1.19. The average Bonchev–Trinajstić information content (AvgIpc) is 2.25. The number of aryl methyl sites for hydroxylation is 2. The van der Waals surface area contributed by atoms with Crippen LogP contribution in [0.4, 0.5) is 4.79 Å². The summed E-state index contributed by atoms with van der Waals surface area (Å²) in [6.45, 7) is 5.18. The summed E-state index contributed by atoms with van der Waals surface area (Å²) in [6, 6.07) is 3.84. The molecule has 0 aliphatic carbocycles. The van der Waals surface area contributed by atoms with Gasteiger partial charge >= 0.3 is 6.09 Å². The van der Waals surface area contributed by atoms with Gasteiger partial charge in [-0.25, -0.2) is 4.79 Å². The van der Waals surface area contributed by atoms with Gasteiger partial charge in [0.15, 0.2) is 0 Å². The SMILES string of the molecule is Cc1cc(CNCCOC(N)=O)cc(C)c1O. The number of benzene rings is 1. The third-order valence-corrected chi connectivity index (χ3v) is 2.40. The fraction of sp³-hybridized carbons (Fsp3) is 0.417. The molecule has 0 aliphatic rings. The molecule has 0 aromatic heterocycles. The maximum Gasteiger partial charge on any atom is 0.404 e. The third kappa shape index (κ3) is 4.32. The Morgan fingerprint density at radius 1 is 1.41 bits per heavy atom. The molecular formula is C12H18N2O3. The predicted molar refractivity (Wildman–Crippen MR) is 64.8 cm³/mol. The molecule has 1 aromatic carbocycles. The lowest BCUT2D eigenvalue weighted by molar-refractivity contribution is 0.157. The second-order valence-electron chi connectivity index (χ2n) is 3.92. The smallest absolute Gasteiger partial charge is 0.404 e. The first-order chi connectivity index (χ1) is 8.00. The van der Waals surface area contributed by atoms with Gasteiger partial charge in [0.25, 0.3) is 0 Å². The molecule has 5 heteroatoms. The molecule has 1 rings (SSSR count). The number of phenolic OH excluding ortho intramolecular Hbond substituents is 1. The van der Waals surface area contributed by atoms with Crippen molar-refractivity contribution < 1.29 is 14.6 Å². The standard InChI is InChI=1S/C12H18N2O3/c1-8-5-10(6-9(2)11(8)15)7-14-3-4-17-12(13)16/h5-6,14-15H,3-4,7H2,1-2H3,(H2,13,16). The molecule has 94 valence electrons. The van der Waals surface area contributed by atoms with Gasteiger partial charge in [0.2, 0.25) is 0 Å². The van der Waals surface area contributed by atoms with E-state index in [0.29, 0.717) is 18.8 Å². The zero-order chi connectivity index (χ0) is 12.8. The lowest BCUT2D eigenvalue weighted by Gasteiger charge is -2.09. The van der Waals surface area contributed by atoms with Gasteiger partial charge in [-0.1, -0.05) is 12.1 Å². The van der Waals surface area contributed by atoms with Crippen molar-refractivity contribution in [3.8, 4) is 5.75 Å². The van der Waals surface area contributed by atoms with Crippen molar-refractivity contribution in [2.24, 2.45) is 5.73 Å². The van der Waals surface area contributed by atoms with Crippen molar-refractivity contribution in [3.05, 3.63) is 28.8 Å². The van der Waals surface area contributed by atoms with Crippen LogP contribution in [0.2, 0.25) is 0 Å². The summed E-state index contributed by atoms with van der Waals surface area (Å²) in [5, 5.41) is 12.7. The van der Waals surface area contributed by atoms with E-state index in [1.807, 2.05) is 26.0 Å². The lowest BCUT2D eigenvalue weighted by Crippen LogP contribution is -2.23. The van der Waals surface area contributed by atoms with E-state index in [1.165, 1.54) is 0 Å². The Morgan fingerprint density at radius 2 is 2.00 bits per heavy atom. The highest BCUT2D eigenvalue weighted by atomic mass is 16.5. The van der Waals surface area contributed by atoms with Crippen LogP contribution in [0.1, 0.15) is 16.7 Å². The van der Waals surface area contributed by atoms with Crippen LogP contribution >= 0.6 is 0 Å². The fourth-order valence-electron chi connectivity index (χ4n) is 1.60. The monoisotopic (exact) mass is 238 g/mol. The Kier molecular flexibility index (Phi) is 4.78. The molecule has 0 bridgehead atoms. The number of amides is 1. The topological polar surface area (TPSA) is 84.6 Å². The molecule has 4 N–H and O–H groups in total. The molecule has 0 saturated heterocycles. The van der Waals surface area contributed by atoms with Crippen molar-refractivity contribution in [1.29, 1.82) is 0 Å². The summed E-state index contributed by atoms with van der Waals surface area (Å²) in [5.74, 6) is 0.339. The van der Waals surface area contributed by atoms with Gasteiger partial charge < -0.3 is 20.9 Å². The maximum atomic E-state index is 10.3. The largest absolute Gasteiger partial charge is 0.507 e. The molecule has 0 atom stereocenters. The molecule has 0 fully saturated rings. The highest BCUT2D eigenvalue weighted by Gasteiger charge is 2.03. The van der Waals surface area contributed by atoms with E-state index < -0.39 is 6.09 Å². The Hall–Kier alpha value is -1.75. The van der Waals surface area contributed by atoms with Gasteiger partial charge in [-0.05, 0) is 30.5 Å². The normalized spacial score (nSPS) is 10.2. The van der Waals surface area contributed by atoms with Crippen LogP contribution in [-0.2, 0) is 11.3 Å². The first-order valence-electron chi connectivity index (χ1n) is 5.42. The third-order valence-electron chi connectivity index (χ3n) is 2.40. The highest BCUT2D eigenvalue weighted by molar-refractivity contribution is 5.64. The number of hydrogen-bond acceptors (Lipinski definition) is 4. The molecule has 1 aromatic rings. The second-order valence-corrected chi connectivity index (χ2v) is 3.92. The zero-order valence-corrected chi connectivity index (χ0v) is 10.1. The summed E-state index contributed by atoms with van der Waals surface area (Å²) in [7, 11) is 0. The molecule has 5 nitrogen and oxygen atoms in total. The van der Waals surface area contributed by atoms with Gasteiger partial charge in [0.1, 0.15) is 12.4 Å². The first kappa shape index (κ1) is 13.3. The van der Waals surface area contributed by atoms with Crippen LogP contribution in [0.15, 0.2) is 12.1 Å². The van der Waals surface area contributed by atoms with E-state index in [1.54, 1.807) is 0 Å². The molecule has 0 radical (unpaired) electrons. The number of ether oxygens (including phenoxy) is 1. The van der Waals surface area contributed by atoms with Crippen LogP contribution in [0.25, 0.3) is 0 Å². The Balaban J connectivity index is 2.39. The van der Waals surface area contributed by atoms with E-state index in [4.69, 9.17) is 5.73 Å². The Labute approximate surface area is 101 Å². The molecule has 0 heterocycles. The van der Waals surface area contributed by atoms with Crippen LogP contribution in [0, 0.1) is 13.8 Å². The Bertz CT molecular complexity index is 382. The van der Waals surface area contributed by atoms with Crippen molar-refractivity contribution in [2.45, 2.75) is 20.4 Å². The van der Waals surface area contributed by atoms with E-state index in [9.17, 15) is 9.90 Å². The number of rotatable bonds is 5. The molecule has 1 amide bonds. The second kappa shape index (κ2) is 6.10. The molecule has 0 spiro atoms. The minimum atomic E-state index is -0.761. The minimum Gasteiger partial charge on any atom is -0.507 e. The molecule has 0 saturated carbocycles. The molecular weight excluding hydrogens is 220 g/mol. The van der Waals surface area contributed by atoms with E-state index in [0.717, 1.165) is 16.7 Å². The molecule has 0 unspecified atom stereocenters. The lowest BCUT2D eigenvalue weighted by atomic mass is 10.1. The van der Waals surface area contributed by atoms with Crippen molar-refractivity contribution in [2.75, 3.05) is 13.2 Å². The van der Waals surface area contributed by atoms with Gasteiger partial charge in [-0.2, -0.15) is 0 Å². The quantitative estimate of drug-likeness (QED) is 0.673. The average molecular weight is 238 g/mol. The van der Waals surface area contributed by atoms with Gasteiger partial charge in [-0.15, -0.1) is 0 Å². The van der Waals surface area contributed by atoms with Crippen molar-refractivity contribution >= 4 is 6.09 Å². The number of primary amides is 1. The summed E-state index contributed by atoms with van der Waals surface area (Å²) in [4.78, 5) is 10.3. The number of phenols is 1. The van der Waals surface area contributed by atoms with Crippen LogP contribution in [-0.4, -0.2) is 24.4 Å². The first-order valence-corrected chi connectivity index (χ1v) is 5.42. The Morgan fingerprint density at radius 3 is 2.53 bits per heavy atom. The zero-order valence-electron chi connectivity index (χ0n) is 10.1. The van der Waals surface area contributed by atoms with Gasteiger partial charge in [0, 0.05) is 13.1 Å². The number of aromatic hydroxyl groups is 1. The number of hydrogen-bond donors (Lipinski definition) is 3. The fourth-order valence-corrected chi connectivity index (χ4v) is 1.60. The number of nitrogens with one attached hydrogen (secondary N) is 1. The van der Waals surface area contributed by atoms with Gasteiger partial charge in [-0.3, -0.25) is 0 Å². The van der Waals surface area contributed by atoms with Crippen LogP contribution in [0.3, 0.4) is 0 Å². The van der Waals surface area contributed by atoms with E-state index in [2.05, 4.69) is 10.1 Å². The summed E-state index contributed by atoms with van der Waals surface area (Å²) in [6.07, 6.45) is -0.761. The van der Waals surface area contributed by atoms with Crippen LogP contribution in [0.5, 0.6) is 5.75 Å². The number of carbonyl (C=O) groups is 1. The van der Waals surface area contributed by atoms with Crippen molar-refractivity contribution in [3.63, 3.8) is 0 Å². The van der Waals surface area contributed by atoms with Crippen LogP contribution < -0.4 is 11.1 Å². The molecule has 17 heavy (non-hydrogen) atoms. The van der Waals surface area contributed by atoms with Gasteiger partial charge in [0.05, 0.1) is 0 Å². The number of nitrogens with two attached hydrogens (primary N) is 1. The van der Waals surface area contributed by atoms with E-state index in [-0.39, 0.29) is 6.61 Å². The maximum absolute atomic E-state index is 10.3. The summed E-state index contributed by atoms with van der Waals surface area (Å²) in [5.41, 5.74) is 7.62. The van der Waals surface area contributed by atoms with E-state index >= 15 is 0 Å². The summed E-state index contributed by atoms with van der Waals surface area (Å²) >= 11 is 0. The molecule has 0 aliphatic heterocycles. The van der Waals surface area contributed by atoms with Crippen molar-refractivity contribution in [1.82, 2.24) is 5.32 Å². The number of carbonyl (C=O) groups excluding carboxylic acids is 1. The highest BCUT2D eigenvalue weighted by Crippen LogP contribution is 2.22.